The first-order chi connectivity index (χ1) is 12.8. The lowest BCUT2D eigenvalue weighted by Crippen LogP contribution is -2.94. The molecule has 0 aliphatic carbocycles. The van der Waals surface area contributed by atoms with Crippen LogP contribution in [0.15, 0.2) is 48.5 Å². The first kappa shape index (κ1) is 18.9. The molecule has 3 N–H and O–H groups in total. The fourth-order valence-electron chi connectivity index (χ4n) is 3.07. The molecule has 2 aromatic rings. The van der Waals surface area contributed by atoms with Gasteiger partial charge in [0.15, 0.2) is 0 Å². The zero-order chi connectivity index (χ0) is 19.7. The van der Waals surface area contributed by atoms with Crippen LogP contribution in [0.2, 0.25) is 0 Å². The molecular formula is C19H21F3N4O+2. The number of nitrogens with zero attached hydrogens (tertiary/aromatic N) is 1. The maximum absolute atomic E-state index is 14.2. The summed E-state index contributed by atoms with van der Waals surface area (Å²) >= 11 is 0. The summed E-state index contributed by atoms with van der Waals surface area (Å²) in [7, 11) is 0. The molecule has 0 saturated carbocycles. The van der Waals surface area contributed by atoms with Gasteiger partial charge in [-0.25, -0.2) is 20.1 Å². The Labute approximate surface area is 154 Å². The zero-order valence-corrected chi connectivity index (χ0v) is 15.0. The van der Waals surface area contributed by atoms with Crippen LogP contribution in [0.1, 0.15) is 24.6 Å². The largest absolute Gasteiger partial charge is 0.488 e. The first-order valence-corrected chi connectivity index (χ1v) is 8.65. The number of hydrogen-bond acceptors (Lipinski definition) is 2. The van der Waals surface area contributed by atoms with E-state index in [1.807, 2.05) is 6.92 Å². The summed E-state index contributed by atoms with van der Waals surface area (Å²) in [4.78, 5) is 19.4. The number of halogens is 3. The van der Waals surface area contributed by atoms with Crippen molar-refractivity contribution in [1.29, 1.82) is 0 Å². The van der Waals surface area contributed by atoms with Crippen molar-refractivity contribution < 1.29 is 27.9 Å². The van der Waals surface area contributed by atoms with Crippen LogP contribution in [-0.2, 0) is 4.79 Å². The van der Waals surface area contributed by atoms with Gasteiger partial charge in [0, 0.05) is 6.07 Å². The van der Waals surface area contributed by atoms with Crippen molar-refractivity contribution in [1.82, 2.24) is 4.90 Å². The van der Waals surface area contributed by atoms with Gasteiger partial charge in [-0.05, 0) is 31.5 Å². The Morgan fingerprint density at radius 1 is 1.11 bits per heavy atom. The van der Waals surface area contributed by atoms with Crippen molar-refractivity contribution in [2.75, 3.05) is 11.9 Å². The van der Waals surface area contributed by atoms with E-state index in [-0.39, 0.29) is 18.2 Å². The Bertz CT molecular complexity index is 867. The molecule has 142 valence electrons. The minimum atomic E-state index is -4.87. The third-order valence-corrected chi connectivity index (χ3v) is 4.32. The fraction of sp³-hybridized carbons (Fsp3) is 0.316. The van der Waals surface area contributed by atoms with Gasteiger partial charge in [0.1, 0.15) is 0 Å². The number of H-pyrrole nitrogens is 1. The maximum Gasteiger partial charge on any atom is 0.488 e. The predicted molar refractivity (Wildman–Crippen MR) is 93.7 cm³/mol. The number of amides is 1. The topological polar surface area (TPSA) is 60.5 Å². The van der Waals surface area contributed by atoms with Gasteiger partial charge < -0.3 is 0 Å². The summed E-state index contributed by atoms with van der Waals surface area (Å²) < 4.78 is 42.5. The monoisotopic (exact) mass is 378 g/mol. The van der Waals surface area contributed by atoms with E-state index in [0.717, 1.165) is 4.90 Å². The lowest BCUT2D eigenvalue weighted by molar-refractivity contribution is -0.568. The van der Waals surface area contributed by atoms with E-state index in [1.165, 1.54) is 6.07 Å². The molecule has 1 aromatic heterocycles. The van der Waals surface area contributed by atoms with Crippen LogP contribution in [0, 0.1) is 6.92 Å². The van der Waals surface area contributed by atoms with Crippen molar-refractivity contribution >= 4 is 17.6 Å². The molecule has 0 radical (unpaired) electrons. The third kappa shape index (κ3) is 3.39. The zero-order valence-electron chi connectivity index (χ0n) is 15.0. The van der Waals surface area contributed by atoms with Gasteiger partial charge in [0.2, 0.25) is 0 Å². The number of amidine groups is 1. The van der Waals surface area contributed by atoms with Crippen LogP contribution in [-0.4, -0.2) is 35.0 Å². The number of alkyl halides is 3. The number of aryl methyl sites for hydroxylation is 1. The van der Waals surface area contributed by atoms with Crippen LogP contribution in [0.25, 0.3) is 0 Å². The summed E-state index contributed by atoms with van der Waals surface area (Å²) in [6.07, 6.45) is -4.35. The number of aromatic nitrogens is 1. The summed E-state index contributed by atoms with van der Waals surface area (Å²) in [5.41, 5.74) is -1.77. The quantitative estimate of drug-likeness (QED) is 0.823. The Morgan fingerprint density at radius 3 is 2.41 bits per heavy atom. The molecule has 5 nitrogen and oxygen atoms in total. The first-order valence-electron chi connectivity index (χ1n) is 8.65. The number of anilines is 1. The summed E-state index contributed by atoms with van der Waals surface area (Å²) in [6, 6.07) is 13.3. The molecule has 8 heteroatoms. The molecule has 0 unspecified atom stereocenters. The van der Waals surface area contributed by atoms with E-state index in [1.54, 1.807) is 49.4 Å². The van der Waals surface area contributed by atoms with Crippen LogP contribution in [0.3, 0.4) is 0 Å². The average Bonchev–Trinajstić information content (AvgIpc) is 2.90. The molecule has 0 spiro atoms. The van der Waals surface area contributed by atoms with Gasteiger partial charge in [0.25, 0.3) is 11.7 Å². The van der Waals surface area contributed by atoms with E-state index in [4.69, 9.17) is 0 Å². The SMILES string of the molecule is CCCN1C(=O)[C@@](Nc2cccc(C)[nH+]2)(C(F)(F)F)[NH+]=C1c1ccccc1. The molecule has 1 amide bonds. The van der Waals surface area contributed by atoms with Crippen molar-refractivity contribution in [3.05, 3.63) is 59.8 Å². The number of aromatic amines is 1. The number of benzene rings is 1. The van der Waals surface area contributed by atoms with E-state index < -0.39 is 17.7 Å². The van der Waals surface area contributed by atoms with E-state index >= 15 is 0 Å². The molecular weight excluding hydrogens is 357 g/mol. The smallest absolute Gasteiger partial charge is 0.245 e. The number of carbonyl (C=O) groups excluding carboxylic acids is 1. The molecule has 1 aliphatic rings. The number of pyridine rings is 1. The van der Waals surface area contributed by atoms with Crippen molar-refractivity contribution in [3.8, 4) is 0 Å². The van der Waals surface area contributed by atoms with Gasteiger partial charge in [-0.3, -0.25) is 0 Å². The van der Waals surface area contributed by atoms with Crippen molar-refractivity contribution in [3.63, 3.8) is 0 Å². The Morgan fingerprint density at radius 2 is 1.81 bits per heavy atom. The summed E-state index contributed by atoms with van der Waals surface area (Å²) in [5, 5.41) is 2.37. The van der Waals surface area contributed by atoms with Gasteiger partial charge in [-0.2, -0.15) is 18.1 Å². The van der Waals surface area contributed by atoms with E-state index in [0.29, 0.717) is 17.7 Å². The molecule has 27 heavy (non-hydrogen) atoms. The second-order valence-electron chi connectivity index (χ2n) is 6.42. The Balaban J connectivity index is 2.14. The lowest BCUT2D eigenvalue weighted by Gasteiger charge is -2.20. The van der Waals surface area contributed by atoms with E-state index in [2.05, 4.69) is 15.3 Å². The van der Waals surface area contributed by atoms with Gasteiger partial charge in [-0.1, -0.05) is 31.2 Å². The molecule has 1 aromatic carbocycles. The standard InChI is InChI=1S/C19H19F3N4O/c1-3-12-26-16(14-9-5-4-6-10-14)25-18(17(26)27,19(20,21)22)24-15-11-7-8-13(2)23-15/h4-11H,3,12H2,1-2H3,(H,23,24)/p+2/t18-/m0/s1. The van der Waals surface area contributed by atoms with Crippen molar-refractivity contribution in [2.24, 2.45) is 0 Å². The second-order valence-corrected chi connectivity index (χ2v) is 6.42. The van der Waals surface area contributed by atoms with Crippen LogP contribution >= 0.6 is 0 Å². The van der Waals surface area contributed by atoms with Crippen LogP contribution in [0.5, 0.6) is 0 Å². The predicted octanol–water partition coefficient (Wildman–Crippen LogP) is 1.26. The van der Waals surface area contributed by atoms with Crippen LogP contribution in [0.4, 0.5) is 19.0 Å². The number of hydrogen-bond donors (Lipinski definition) is 2. The number of rotatable bonds is 5. The Hall–Kier alpha value is -2.90. The molecule has 0 fully saturated rings. The lowest BCUT2D eigenvalue weighted by atomic mass is 10.1. The molecule has 3 rings (SSSR count). The third-order valence-electron chi connectivity index (χ3n) is 4.32. The number of nitrogens with one attached hydrogen (secondary N) is 3. The highest BCUT2D eigenvalue weighted by Gasteiger charge is 2.75. The minimum Gasteiger partial charge on any atom is -0.245 e. The van der Waals surface area contributed by atoms with Gasteiger partial charge in [0.05, 0.1) is 17.8 Å². The highest BCUT2D eigenvalue weighted by Crippen LogP contribution is 2.31. The highest BCUT2D eigenvalue weighted by atomic mass is 19.4. The summed E-state index contributed by atoms with van der Waals surface area (Å²) in [5.74, 6) is -0.843. The highest BCUT2D eigenvalue weighted by molar-refractivity contribution is 6.11. The molecule has 0 bridgehead atoms. The van der Waals surface area contributed by atoms with Crippen LogP contribution < -0.4 is 15.3 Å². The Kier molecular flexibility index (Phi) is 4.91. The molecule has 1 atom stereocenters. The average molecular weight is 378 g/mol. The molecule has 1 aliphatic heterocycles. The molecule has 0 saturated heterocycles. The van der Waals surface area contributed by atoms with E-state index in [9.17, 15) is 18.0 Å². The van der Waals surface area contributed by atoms with Gasteiger partial charge >= 0.3 is 17.7 Å². The minimum absolute atomic E-state index is 0.0962. The normalized spacial score (nSPS) is 20.0. The number of carbonyl (C=O) groups is 1. The fourth-order valence-corrected chi connectivity index (χ4v) is 3.07. The second kappa shape index (κ2) is 7.02. The summed E-state index contributed by atoms with van der Waals surface area (Å²) in [6.45, 7) is 3.71. The molecule has 2 heterocycles. The van der Waals surface area contributed by atoms with Gasteiger partial charge in [-0.15, -0.1) is 0 Å². The maximum atomic E-state index is 14.2. The van der Waals surface area contributed by atoms with Crippen molar-refractivity contribution in [2.45, 2.75) is 32.1 Å².